The Hall–Kier alpha value is -1.09. The normalized spacial score (nSPS) is 23.4. The predicted molar refractivity (Wildman–Crippen MR) is 74.5 cm³/mol. The van der Waals surface area contributed by atoms with E-state index in [1.807, 2.05) is 0 Å². The van der Waals surface area contributed by atoms with Gasteiger partial charge in [0.1, 0.15) is 0 Å². The van der Waals surface area contributed by atoms with Crippen molar-refractivity contribution in [2.24, 2.45) is 0 Å². The van der Waals surface area contributed by atoms with Crippen LogP contribution < -0.4 is 0 Å². The standard InChI is InChI=1S/C16H23NO2/c18-16-8-2-1-5-13-11-17(12-15(13)16)9-3-6-14-7-4-10-19-14/h11-12,14H,1-10H2. The van der Waals surface area contributed by atoms with E-state index in [0.29, 0.717) is 11.9 Å². The molecule has 1 unspecified atom stereocenters. The van der Waals surface area contributed by atoms with Gasteiger partial charge in [-0.2, -0.15) is 0 Å². The first-order chi connectivity index (χ1) is 9.33. The summed E-state index contributed by atoms with van der Waals surface area (Å²) in [7, 11) is 0. The first-order valence-electron chi connectivity index (χ1n) is 7.66. The van der Waals surface area contributed by atoms with Crippen molar-refractivity contribution in [3.05, 3.63) is 23.5 Å². The molecule has 0 amide bonds. The van der Waals surface area contributed by atoms with Crippen LogP contribution in [0.2, 0.25) is 0 Å². The van der Waals surface area contributed by atoms with E-state index < -0.39 is 0 Å². The predicted octanol–water partition coefficient (Wildman–Crippen LogP) is 3.36. The summed E-state index contributed by atoms with van der Waals surface area (Å²) in [5.41, 5.74) is 2.24. The van der Waals surface area contributed by atoms with Crippen molar-refractivity contribution in [2.75, 3.05) is 6.61 Å². The molecule has 0 aromatic carbocycles. The van der Waals surface area contributed by atoms with Crippen LogP contribution in [0.5, 0.6) is 0 Å². The molecule has 1 aromatic rings. The molecule has 1 aliphatic carbocycles. The lowest BCUT2D eigenvalue weighted by Crippen LogP contribution is -2.06. The first-order valence-corrected chi connectivity index (χ1v) is 7.66. The number of ether oxygens (including phenoxy) is 1. The molecule has 3 nitrogen and oxygen atoms in total. The lowest BCUT2D eigenvalue weighted by atomic mass is 10.1. The van der Waals surface area contributed by atoms with Gasteiger partial charge in [-0.3, -0.25) is 4.79 Å². The molecule has 0 bridgehead atoms. The van der Waals surface area contributed by atoms with Gasteiger partial charge in [0.25, 0.3) is 0 Å². The molecule has 0 saturated carbocycles. The molecule has 1 atom stereocenters. The molecule has 1 aromatic heterocycles. The highest BCUT2D eigenvalue weighted by Gasteiger charge is 2.18. The van der Waals surface area contributed by atoms with Gasteiger partial charge in [0.15, 0.2) is 5.78 Å². The summed E-state index contributed by atoms with van der Waals surface area (Å²) >= 11 is 0. The Morgan fingerprint density at radius 1 is 1.21 bits per heavy atom. The van der Waals surface area contributed by atoms with E-state index in [-0.39, 0.29) is 0 Å². The van der Waals surface area contributed by atoms with Crippen molar-refractivity contribution in [3.63, 3.8) is 0 Å². The van der Waals surface area contributed by atoms with E-state index in [1.54, 1.807) is 0 Å². The fourth-order valence-corrected chi connectivity index (χ4v) is 3.24. The molecule has 2 aliphatic rings. The minimum atomic E-state index is 0.338. The Kier molecular flexibility index (Phi) is 4.02. The number of hydrogen-bond acceptors (Lipinski definition) is 2. The summed E-state index contributed by atoms with van der Waals surface area (Å²) < 4.78 is 7.85. The Balaban J connectivity index is 1.56. The van der Waals surface area contributed by atoms with E-state index in [1.165, 1.54) is 18.4 Å². The Morgan fingerprint density at radius 3 is 2.95 bits per heavy atom. The Morgan fingerprint density at radius 2 is 2.11 bits per heavy atom. The molecule has 19 heavy (non-hydrogen) atoms. The van der Waals surface area contributed by atoms with Crippen molar-refractivity contribution in [3.8, 4) is 0 Å². The second kappa shape index (κ2) is 5.91. The van der Waals surface area contributed by atoms with Gasteiger partial charge in [-0.15, -0.1) is 0 Å². The highest BCUT2D eigenvalue weighted by molar-refractivity contribution is 5.97. The van der Waals surface area contributed by atoms with Crippen LogP contribution in [-0.4, -0.2) is 23.1 Å². The number of Topliss-reactive ketones (excluding diaryl/α,β-unsaturated/α-hetero) is 1. The number of fused-ring (bicyclic) bond motifs is 1. The second-order valence-corrected chi connectivity index (χ2v) is 5.84. The molecule has 0 spiro atoms. The van der Waals surface area contributed by atoms with Gasteiger partial charge < -0.3 is 9.30 Å². The van der Waals surface area contributed by atoms with Crippen molar-refractivity contribution < 1.29 is 9.53 Å². The van der Waals surface area contributed by atoms with Crippen LogP contribution in [0.4, 0.5) is 0 Å². The second-order valence-electron chi connectivity index (χ2n) is 5.84. The van der Waals surface area contributed by atoms with Crippen molar-refractivity contribution >= 4 is 5.78 Å². The van der Waals surface area contributed by atoms with Crippen LogP contribution in [0.25, 0.3) is 0 Å². The van der Waals surface area contributed by atoms with E-state index in [0.717, 1.165) is 57.2 Å². The fourth-order valence-electron chi connectivity index (χ4n) is 3.24. The molecule has 1 aliphatic heterocycles. The number of rotatable bonds is 4. The number of aryl methyl sites for hydroxylation is 2. The molecular weight excluding hydrogens is 238 g/mol. The molecule has 2 heterocycles. The van der Waals surface area contributed by atoms with E-state index in [4.69, 9.17) is 4.74 Å². The quantitative estimate of drug-likeness (QED) is 0.778. The zero-order valence-corrected chi connectivity index (χ0v) is 11.6. The van der Waals surface area contributed by atoms with Gasteiger partial charge in [-0.1, -0.05) is 0 Å². The van der Waals surface area contributed by atoms with Gasteiger partial charge >= 0.3 is 0 Å². The van der Waals surface area contributed by atoms with Crippen molar-refractivity contribution in [1.29, 1.82) is 0 Å². The number of carbonyl (C=O) groups excluding carboxylic acids is 1. The number of nitrogens with zero attached hydrogens (tertiary/aromatic N) is 1. The van der Waals surface area contributed by atoms with Crippen LogP contribution in [0.1, 0.15) is 60.9 Å². The lowest BCUT2D eigenvalue weighted by molar-refractivity contribution is 0.0980. The van der Waals surface area contributed by atoms with E-state index in [9.17, 15) is 4.79 Å². The summed E-state index contributed by atoms with van der Waals surface area (Å²) in [5.74, 6) is 0.338. The molecule has 0 radical (unpaired) electrons. The minimum Gasteiger partial charge on any atom is -0.378 e. The monoisotopic (exact) mass is 261 g/mol. The van der Waals surface area contributed by atoms with E-state index >= 15 is 0 Å². The van der Waals surface area contributed by atoms with Crippen molar-refractivity contribution in [2.45, 2.75) is 64.0 Å². The SMILES string of the molecule is O=C1CCCCc2cn(CCCC3CCCO3)cc21. The molecule has 104 valence electrons. The Labute approximate surface area is 114 Å². The number of hydrogen-bond donors (Lipinski definition) is 0. The summed E-state index contributed by atoms with van der Waals surface area (Å²) in [4.78, 5) is 12.0. The summed E-state index contributed by atoms with van der Waals surface area (Å²) in [5, 5.41) is 0. The maximum absolute atomic E-state index is 12.0. The van der Waals surface area contributed by atoms with E-state index in [2.05, 4.69) is 17.0 Å². The highest BCUT2D eigenvalue weighted by Crippen LogP contribution is 2.22. The van der Waals surface area contributed by atoms with Gasteiger partial charge in [0.05, 0.1) is 6.10 Å². The fraction of sp³-hybridized carbons (Fsp3) is 0.688. The topological polar surface area (TPSA) is 31.2 Å². The van der Waals surface area contributed by atoms with Crippen LogP contribution in [-0.2, 0) is 17.7 Å². The summed E-state index contributed by atoms with van der Waals surface area (Å²) in [6.07, 6.45) is 13.5. The maximum Gasteiger partial charge on any atom is 0.164 e. The third-order valence-corrected chi connectivity index (χ3v) is 4.33. The molecule has 1 fully saturated rings. The van der Waals surface area contributed by atoms with Gasteiger partial charge in [-0.25, -0.2) is 0 Å². The summed E-state index contributed by atoms with van der Waals surface area (Å²) in [6, 6.07) is 0. The molecule has 0 N–H and O–H groups in total. The average molecular weight is 261 g/mol. The van der Waals surface area contributed by atoms with Crippen molar-refractivity contribution in [1.82, 2.24) is 4.57 Å². The molecule has 3 rings (SSSR count). The molecular formula is C16H23NO2. The maximum atomic E-state index is 12.0. The third-order valence-electron chi connectivity index (χ3n) is 4.33. The number of ketones is 1. The number of carbonyl (C=O) groups is 1. The van der Waals surface area contributed by atoms with Crippen LogP contribution in [0, 0.1) is 0 Å². The van der Waals surface area contributed by atoms with Gasteiger partial charge in [0, 0.05) is 37.5 Å². The average Bonchev–Trinajstić information content (AvgIpc) is 3.01. The number of aromatic nitrogens is 1. The lowest BCUT2D eigenvalue weighted by Gasteiger charge is -2.09. The molecule has 3 heteroatoms. The first kappa shape index (κ1) is 12.9. The third kappa shape index (κ3) is 3.08. The molecule has 1 saturated heterocycles. The Bertz CT molecular complexity index is 444. The zero-order valence-electron chi connectivity index (χ0n) is 11.6. The smallest absolute Gasteiger partial charge is 0.164 e. The van der Waals surface area contributed by atoms with Gasteiger partial charge in [-0.05, 0) is 50.5 Å². The minimum absolute atomic E-state index is 0.338. The largest absolute Gasteiger partial charge is 0.378 e. The summed E-state index contributed by atoms with van der Waals surface area (Å²) in [6.45, 7) is 1.96. The van der Waals surface area contributed by atoms with Crippen LogP contribution in [0.3, 0.4) is 0 Å². The van der Waals surface area contributed by atoms with Crippen LogP contribution >= 0.6 is 0 Å². The zero-order chi connectivity index (χ0) is 13.1. The van der Waals surface area contributed by atoms with Gasteiger partial charge in [0.2, 0.25) is 0 Å². The van der Waals surface area contributed by atoms with Crippen LogP contribution in [0.15, 0.2) is 12.4 Å². The highest BCUT2D eigenvalue weighted by atomic mass is 16.5.